The molecule has 1 fully saturated rings. The first kappa shape index (κ1) is 30.1. The lowest BCUT2D eigenvalue weighted by Gasteiger charge is -2.31. The highest BCUT2D eigenvalue weighted by molar-refractivity contribution is 7.88. The van der Waals surface area contributed by atoms with Crippen LogP contribution in [-0.2, 0) is 16.2 Å². The smallest absolute Gasteiger partial charge is 0.383 e. The third-order valence-corrected chi connectivity index (χ3v) is 8.62. The Bertz CT molecular complexity index is 2030. The SMILES string of the molecule is CS(=O)(=O)N(C1CC1)C(c1ccccc1)c1ccc(F)c(NC(=O)c2cc(C(F)(F)F)nn2-c2ccc3ncnc(N)c3c2)c1. The molecule has 3 aromatic carbocycles. The molecule has 1 atom stereocenters. The average molecular weight is 640 g/mol. The number of nitrogens with zero attached hydrogens (tertiary/aromatic N) is 5. The lowest BCUT2D eigenvalue weighted by Crippen LogP contribution is -2.36. The molecular formula is C30H25F4N7O3S. The largest absolute Gasteiger partial charge is 0.435 e. The van der Waals surface area contributed by atoms with Crippen molar-refractivity contribution in [1.29, 1.82) is 0 Å². The van der Waals surface area contributed by atoms with Crippen LogP contribution in [0.25, 0.3) is 16.6 Å². The highest BCUT2D eigenvalue weighted by Crippen LogP contribution is 2.41. The molecule has 10 nitrogen and oxygen atoms in total. The van der Waals surface area contributed by atoms with E-state index in [1.54, 1.807) is 30.3 Å². The highest BCUT2D eigenvalue weighted by Gasteiger charge is 2.41. The Balaban J connectivity index is 1.41. The number of anilines is 2. The van der Waals surface area contributed by atoms with Crippen LogP contribution in [0.15, 0.2) is 79.1 Å². The van der Waals surface area contributed by atoms with Gasteiger partial charge in [-0.2, -0.15) is 22.6 Å². The highest BCUT2D eigenvalue weighted by atomic mass is 32.2. The minimum Gasteiger partial charge on any atom is -0.383 e. The van der Waals surface area contributed by atoms with Crippen LogP contribution in [-0.4, -0.2) is 50.7 Å². The van der Waals surface area contributed by atoms with Crippen molar-refractivity contribution >= 4 is 38.3 Å². The van der Waals surface area contributed by atoms with Crippen LogP contribution in [0.5, 0.6) is 0 Å². The first-order chi connectivity index (χ1) is 21.3. The molecule has 45 heavy (non-hydrogen) atoms. The van der Waals surface area contributed by atoms with Crippen LogP contribution in [0.2, 0.25) is 0 Å². The zero-order valence-electron chi connectivity index (χ0n) is 23.5. The second kappa shape index (κ2) is 11.2. The van der Waals surface area contributed by atoms with Crippen molar-refractivity contribution in [3.63, 3.8) is 0 Å². The number of fused-ring (bicyclic) bond motifs is 1. The van der Waals surface area contributed by atoms with Gasteiger partial charge in [-0.1, -0.05) is 36.4 Å². The van der Waals surface area contributed by atoms with E-state index in [1.165, 1.54) is 41.0 Å². The molecule has 1 saturated carbocycles. The first-order valence-corrected chi connectivity index (χ1v) is 15.5. The van der Waals surface area contributed by atoms with Crippen LogP contribution in [0, 0.1) is 5.82 Å². The summed E-state index contributed by atoms with van der Waals surface area (Å²) in [6.07, 6.45) is -1.26. The van der Waals surface area contributed by atoms with Gasteiger partial charge in [-0.3, -0.25) is 4.79 Å². The van der Waals surface area contributed by atoms with Crippen LogP contribution in [0.3, 0.4) is 0 Å². The predicted molar refractivity (Wildman–Crippen MR) is 158 cm³/mol. The number of rotatable bonds is 8. The maximum Gasteiger partial charge on any atom is 0.435 e. The summed E-state index contributed by atoms with van der Waals surface area (Å²) in [6.45, 7) is 0. The summed E-state index contributed by atoms with van der Waals surface area (Å²) in [5.41, 5.74) is 5.11. The molecule has 1 aliphatic rings. The van der Waals surface area contributed by atoms with Gasteiger partial charge in [0.05, 0.1) is 29.2 Å². The number of carbonyl (C=O) groups excluding carboxylic acids is 1. The minimum absolute atomic E-state index is 0.0521. The molecule has 0 saturated heterocycles. The van der Waals surface area contributed by atoms with Gasteiger partial charge in [-0.25, -0.2) is 27.5 Å². The van der Waals surface area contributed by atoms with Gasteiger partial charge in [0.1, 0.15) is 23.7 Å². The topological polar surface area (TPSA) is 136 Å². The number of nitrogens with two attached hydrogens (primary N) is 1. The lowest BCUT2D eigenvalue weighted by atomic mass is 9.97. The van der Waals surface area contributed by atoms with E-state index >= 15 is 4.39 Å². The molecule has 6 rings (SSSR count). The summed E-state index contributed by atoms with van der Waals surface area (Å²) in [7, 11) is -3.74. The number of amides is 1. The van der Waals surface area contributed by atoms with Crippen LogP contribution >= 0.6 is 0 Å². The van der Waals surface area contributed by atoms with E-state index in [1.807, 2.05) is 0 Å². The second-order valence-electron chi connectivity index (χ2n) is 10.6. The number of halogens is 4. The van der Waals surface area contributed by atoms with Crippen LogP contribution < -0.4 is 11.1 Å². The fraction of sp³-hybridized carbons (Fsp3) is 0.200. The maximum atomic E-state index is 15.2. The van der Waals surface area contributed by atoms with Gasteiger partial charge in [0, 0.05) is 17.5 Å². The Hall–Kier alpha value is -4.89. The normalized spacial score (nSPS) is 14.5. The van der Waals surface area contributed by atoms with E-state index in [4.69, 9.17) is 5.73 Å². The molecule has 3 N–H and O–H groups in total. The Labute approximate surface area is 254 Å². The molecule has 0 bridgehead atoms. The molecule has 1 aliphatic carbocycles. The van der Waals surface area contributed by atoms with Crippen molar-refractivity contribution in [3.05, 3.63) is 107 Å². The van der Waals surface area contributed by atoms with Crippen LogP contribution in [0.1, 0.15) is 46.2 Å². The summed E-state index contributed by atoms with van der Waals surface area (Å²) < 4.78 is 84.4. The van der Waals surface area contributed by atoms with Gasteiger partial charge in [0.2, 0.25) is 10.0 Å². The fourth-order valence-electron chi connectivity index (χ4n) is 5.19. The standard InChI is InChI=1S/C30H25F4N7O3S/c1-45(43,44)41(19-8-9-19)27(17-5-3-2-4-6-17)18-7-11-22(31)24(13-18)38-29(42)25-15-26(30(32,33)34)39-40(25)20-10-12-23-21(14-20)28(35)37-16-36-23/h2-7,10-16,19,27H,8-9H2,1H3,(H,38,42)(H2,35,36,37). The number of nitrogen functional groups attached to an aromatic ring is 1. The van der Waals surface area contributed by atoms with Crippen molar-refractivity contribution in [2.24, 2.45) is 0 Å². The minimum atomic E-state index is -4.90. The molecule has 15 heteroatoms. The van der Waals surface area contributed by atoms with Gasteiger partial charge >= 0.3 is 6.18 Å². The third kappa shape index (κ3) is 6.08. The zero-order chi connectivity index (χ0) is 32.1. The van der Waals surface area contributed by atoms with Crippen molar-refractivity contribution in [2.75, 3.05) is 17.3 Å². The first-order valence-electron chi connectivity index (χ1n) is 13.6. The maximum absolute atomic E-state index is 15.2. The fourth-order valence-corrected chi connectivity index (χ4v) is 6.57. The number of nitrogens with one attached hydrogen (secondary N) is 1. The monoisotopic (exact) mass is 639 g/mol. The van der Waals surface area contributed by atoms with Gasteiger partial charge in [-0.15, -0.1) is 0 Å². The van der Waals surface area contributed by atoms with Gasteiger partial charge in [0.15, 0.2) is 5.69 Å². The molecule has 0 spiro atoms. The van der Waals surface area contributed by atoms with E-state index in [0.29, 0.717) is 40.9 Å². The summed E-state index contributed by atoms with van der Waals surface area (Å²) >= 11 is 0. The van der Waals surface area contributed by atoms with Crippen molar-refractivity contribution in [3.8, 4) is 5.69 Å². The van der Waals surface area contributed by atoms with E-state index in [0.717, 1.165) is 17.0 Å². The van der Waals surface area contributed by atoms with Crippen molar-refractivity contribution in [2.45, 2.75) is 31.1 Å². The number of benzene rings is 3. The summed E-state index contributed by atoms with van der Waals surface area (Å²) in [5.74, 6) is -1.91. The molecule has 0 aliphatic heterocycles. The number of carbonyl (C=O) groups is 1. The van der Waals surface area contributed by atoms with Crippen molar-refractivity contribution < 1.29 is 30.8 Å². The van der Waals surface area contributed by atoms with Crippen molar-refractivity contribution in [1.82, 2.24) is 24.1 Å². The van der Waals surface area contributed by atoms with Gasteiger partial charge < -0.3 is 11.1 Å². The van der Waals surface area contributed by atoms with Gasteiger partial charge in [-0.05, 0) is 54.3 Å². The van der Waals surface area contributed by atoms with E-state index in [9.17, 15) is 26.4 Å². The number of sulfonamides is 1. The summed E-state index contributed by atoms with van der Waals surface area (Å²) in [4.78, 5) is 21.5. The van der Waals surface area contributed by atoms with E-state index in [2.05, 4.69) is 20.4 Å². The summed E-state index contributed by atoms with van der Waals surface area (Å²) in [6, 6.07) is 16.2. The number of hydrogen-bond donors (Lipinski definition) is 2. The van der Waals surface area contributed by atoms with Crippen LogP contribution in [0.4, 0.5) is 29.1 Å². The predicted octanol–water partition coefficient (Wildman–Crippen LogP) is 5.32. The number of aromatic nitrogens is 4. The summed E-state index contributed by atoms with van der Waals surface area (Å²) in [5, 5.41) is 6.30. The zero-order valence-corrected chi connectivity index (χ0v) is 24.3. The third-order valence-electron chi connectivity index (χ3n) is 7.34. The molecular weight excluding hydrogens is 614 g/mol. The molecule has 1 amide bonds. The second-order valence-corrected chi connectivity index (χ2v) is 12.5. The molecule has 1 unspecified atom stereocenters. The van der Waals surface area contributed by atoms with E-state index in [-0.39, 0.29) is 23.2 Å². The molecule has 5 aromatic rings. The molecule has 0 radical (unpaired) electrons. The Morgan fingerprint density at radius 3 is 2.42 bits per heavy atom. The van der Waals surface area contributed by atoms with Gasteiger partial charge in [0.25, 0.3) is 5.91 Å². The number of alkyl halides is 3. The van der Waals surface area contributed by atoms with E-state index < -0.39 is 45.4 Å². The molecule has 232 valence electrons. The Morgan fingerprint density at radius 2 is 1.76 bits per heavy atom. The quantitative estimate of drug-likeness (QED) is 0.219. The molecule has 2 aromatic heterocycles. The number of hydrogen-bond acceptors (Lipinski definition) is 7. The molecule has 2 heterocycles. The lowest BCUT2D eigenvalue weighted by molar-refractivity contribution is -0.141. The Morgan fingerprint density at radius 1 is 1.02 bits per heavy atom. The average Bonchev–Trinajstić information content (AvgIpc) is 3.71. The Kier molecular flexibility index (Phi) is 7.53.